The van der Waals surface area contributed by atoms with Crippen LogP contribution in [-0.4, -0.2) is 36.2 Å². The van der Waals surface area contributed by atoms with Crippen LogP contribution >= 0.6 is 19.0 Å². The maximum Gasteiger partial charge on any atom is 0.206 e. The van der Waals surface area contributed by atoms with Gasteiger partial charge in [0.25, 0.3) is 0 Å². The third-order valence-corrected chi connectivity index (χ3v) is 6.33. The van der Waals surface area contributed by atoms with E-state index in [1.807, 2.05) is 19.1 Å². The molecule has 1 aromatic rings. The normalized spacial score (nSPS) is 18.8. The van der Waals surface area contributed by atoms with Crippen LogP contribution in [0.25, 0.3) is 0 Å². The molecule has 0 bridgehead atoms. The molecule has 120 valence electrons. The lowest BCUT2D eigenvalue weighted by Gasteiger charge is -2.27. The largest absolute Gasteiger partial charge is 0.393 e. The monoisotopic (exact) mass is 333 g/mol. The number of hydrogen-bond acceptors (Lipinski definition) is 4. The summed E-state index contributed by atoms with van der Waals surface area (Å²) in [5.74, 6) is -0.0987. The number of halogens is 1. The van der Waals surface area contributed by atoms with Crippen molar-refractivity contribution in [3.63, 3.8) is 0 Å². The summed E-state index contributed by atoms with van der Waals surface area (Å²) in [5.41, 5.74) is 7.05. The van der Waals surface area contributed by atoms with Crippen molar-refractivity contribution >= 4 is 19.0 Å². The van der Waals surface area contributed by atoms with Gasteiger partial charge in [0.2, 0.25) is 7.37 Å². The summed E-state index contributed by atoms with van der Waals surface area (Å²) in [7, 11) is -2.93. The van der Waals surface area contributed by atoms with E-state index in [0.717, 1.165) is 5.56 Å². The van der Waals surface area contributed by atoms with Gasteiger partial charge < -0.3 is 15.4 Å². The molecule has 4 unspecified atom stereocenters. The fraction of sp³-hybridized carbons (Fsp3) is 0.600. The predicted molar refractivity (Wildman–Crippen MR) is 88.5 cm³/mol. The molecule has 1 aromatic carbocycles. The lowest BCUT2D eigenvalue weighted by atomic mass is 9.95. The summed E-state index contributed by atoms with van der Waals surface area (Å²) >= 11 is 5.90. The van der Waals surface area contributed by atoms with Crippen molar-refractivity contribution in [2.24, 2.45) is 5.73 Å². The van der Waals surface area contributed by atoms with Crippen LogP contribution in [0.4, 0.5) is 0 Å². The Hall–Kier alpha value is -0.380. The summed E-state index contributed by atoms with van der Waals surface area (Å²) in [6, 6.07) is 7.22. The van der Waals surface area contributed by atoms with Crippen molar-refractivity contribution in [3.05, 3.63) is 34.9 Å². The first kappa shape index (κ1) is 18.7. The minimum Gasteiger partial charge on any atom is -0.393 e. The van der Waals surface area contributed by atoms with Crippen LogP contribution in [0.2, 0.25) is 5.02 Å². The van der Waals surface area contributed by atoms with Crippen molar-refractivity contribution < 1.29 is 14.2 Å². The Morgan fingerprint density at radius 3 is 2.29 bits per heavy atom. The average Bonchev–Trinajstić information content (AvgIpc) is 2.36. The SMILES string of the molecule is CCOP(=O)(CC(C)O)CC(c1ccc(Cl)cc1)C(C)N. The Bertz CT molecular complexity index is 476. The van der Waals surface area contributed by atoms with E-state index in [-0.39, 0.29) is 18.1 Å². The number of rotatable bonds is 8. The molecule has 0 aliphatic carbocycles. The molecular formula is C15H25ClNO3P. The Balaban J connectivity index is 2.99. The quantitative estimate of drug-likeness (QED) is 0.714. The van der Waals surface area contributed by atoms with Crippen LogP contribution in [0, 0.1) is 0 Å². The van der Waals surface area contributed by atoms with Crippen LogP contribution < -0.4 is 5.73 Å². The summed E-state index contributed by atoms with van der Waals surface area (Å²) in [4.78, 5) is 0. The molecule has 0 fully saturated rings. The summed E-state index contributed by atoms with van der Waals surface area (Å²) in [5, 5.41) is 10.2. The van der Waals surface area contributed by atoms with E-state index in [2.05, 4.69) is 0 Å². The zero-order chi connectivity index (χ0) is 16.0. The van der Waals surface area contributed by atoms with Gasteiger partial charge >= 0.3 is 0 Å². The molecule has 0 amide bonds. The molecule has 0 saturated carbocycles. The van der Waals surface area contributed by atoms with Crippen LogP contribution in [0.3, 0.4) is 0 Å². The minimum atomic E-state index is -2.93. The summed E-state index contributed by atoms with van der Waals surface area (Å²) in [6.45, 7) is 5.67. The standard InChI is InChI=1S/C15H25ClNO3P/c1-4-20-21(19,9-11(2)18)10-15(12(3)17)13-5-7-14(16)8-6-13/h5-8,11-12,15,18H,4,9-10,17H2,1-3H3. The molecule has 21 heavy (non-hydrogen) atoms. The number of aliphatic hydroxyl groups is 1. The van der Waals surface area contributed by atoms with Gasteiger partial charge in [0, 0.05) is 23.1 Å². The van der Waals surface area contributed by atoms with Crippen LogP contribution in [0.15, 0.2) is 24.3 Å². The van der Waals surface area contributed by atoms with E-state index in [1.165, 1.54) is 0 Å². The smallest absolute Gasteiger partial charge is 0.206 e. The fourth-order valence-electron chi connectivity index (χ4n) is 2.40. The van der Waals surface area contributed by atoms with Gasteiger partial charge in [-0.15, -0.1) is 0 Å². The highest BCUT2D eigenvalue weighted by molar-refractivity contribution is 7.59. The van der Waals surface area contributed by atoms with Crippen molar-refractivity contribution in [1.82, 2.24) is 0 Å². The molecule has 4 nitrogen and oxygen atoms in total. The number of hydrogen-bond donors (Lipinski definition) is 2. The van der Waals surface area contributed by atoms with Crippen molar-refractivity contribution in [2.75, 3.05) is 18.9 Å². The first-order valence-corrected chi connectivity index (χ1v) is 9.56. The van der Waals surface area contributed by atoms with Crippen LogP contribution in [0.1, 0.15) is 32.3 Å². The predicted octanol–water partition coefficient (Wildman–Crippen LogP) is 3.47. The highest BCUT2D eigenvalue weighted by atomic mass is 35.5. The molecule has 0 aliphatic rings. The van der Waals surface area contributed by atoms with Gasteiger partial charge in [-0.3, -0.25) is 4.57 Å². The van der Waals surface area contributed by atoms with Gasteiger partial charge in [0.05, 0.1) is 18.9 Å². The molecule has 6 heteroatoms. The number of aliphatic hydroxyl groups excluding tert-OH is 1. The minimum absolute atomic E-state index is 0.0987. The molecule has 0 saturated heterocycles. The molecule has 0 aliphatic heterocycles. The molecule has 3 N–H and O–H groups in total. The van der Waals surface area contributed by atoms with Crippen LogP contribution in [-0.2, 0) is 9.09 Å². The van der Waals surface area contributed by atoms with Gasteiger partial charge in [-0.1, -0.05) is 23.7 Å². The van der Waals surface area contributed by atoms with E-state index in [9.17, 15) is 9.67 Å². The second-order valence-electron chi connectivity index (χ2n) is 5.46. The Kier molecular flexibility index (Phi) is 7.38. The first-order chi connectivity index (χ1) is 9.77. The molecular weight excluding hydrogens is 309 g/mol. The van der Waals surface area contributed by atoms with Gasteiger partial charge in [-0.2, -0.15) is 0 Å². The first-order valence-electron chi connectivity index (χ1n) is 7.19. The van der Waals surface area contributed by atoms with Crippen molar-refractivity contribution in [3.8, 4) is 0 Å². The van der Waals surface area contributed by atoms with Crippen molar-refractivity contribution in [2.45, 2.75) is 38.8 Å². The molecule has 0 heterocycles. The number of nitrogens with two attached hydrogens (primary N) is 1. The second-order valence-corrected chi connectivity index (χ2v) is 8.52. The average molecular weight is 334 g/mol. The maximum atomic E-state index is 12.9. The van der Waals surface area contributed by atoms with Crippen molar-refractivity contribution in [1.29, 1.82) is 0 Å². The fourth-order valence-corrected chi connectivity index (χ4v) is 5.31. The highest BCUT2D eigenvalue weighted by Crippen LogP contribution is 2.51. The summed E-state index contributed by atoms with van der Waals surface area (Å²) in [6.07, 6.45) is -0.191. The third-order valence-electron chi connectivity index (χ3n) is 3.31. The lowest BCUT2D eigenvalue weighted by molar-refractivity contribution is 0.210. The Morgan fingerprint density at radius 2 is 1.86 bits per heavy atom. The van der Waals surface area contributed by atoms with Gasteiger partial charge in [0.15, 0.2) is 0 Å². The number of benzene rings is 1. The van der Waals surface area contributed by atoms with E-state index < -0.39 is 13.5 Å². The maximum absolute atomic E-state index is 12.9. The highest BCUT2D eigenvalue weighted by Gasteiger charge is 2.31. The summed E-state index contributed by atoms with van der Waals surface area (Å²) < 4.78 is 18.4. The molecule has 0 aromatic heterocycles. The van der Waals surface area contributed by atoms with E-state index in [4.69, 9.17) is 21.9 Å². The molecule has 4 atom stereocenters. The molecule has 0 spiro atoms. The lowest BCUT2D eigenvalue weighted by Crippen LogP contribution is -2.29. The van der Waals surface area contributed by atoms with E-state index >= 15 is 0 Å². The second kappa shape index (κ2) is 8.30. The van der Waals surface area contributed by atoms with E-state index in [0.29, 0.717) is 17.8 Å². The zero-order valence-corrected chi connectivity index (χ0v) is 14.5. The van der Waals surface area contributed by atoms with Gasteiger partial charge in [-0.25, -0.2) is 0 Å². The van der Waals surface area contributed by atoms with Crippen LogP contribution in [0.5, 0.6) is 0 Å². The topological polar surface area (TPSA) is 72.5 Å². The zero-order valence-electron chi connectivity index (χ0n) is 12.8. The van der Waals surface area contributed by atoms with Gasteiger partial charge in [0.1, 0.15) is 0 Å². The van der Waals surface area contributed by atoms with E-state index in [1.54, 1.807) is 26.0 Å². The van der Waals surface area contributed by atoms with Gasteiger partial charge in [-0.05, 0) is 38.5 Å². The third kappa shape index (κ3) is 6.09. The molecule has 1 rings (SSSR count). The molecule has 0 radical (unpaired) electrons. The Morgan fingerprint density at radius 1 is 1.29 bits per heavy atom. The Labute approximate surface area is 132 Å².